The number of rotatable bonds is 5. The maximum atomic E-state index is 6.16. The number of likely N-dealkylation sites (N-methyl/N-ethyl adjacent to an activating group) is 1. The number of hydrogen-bond donors (Lipinski definition) is 1. The van der Waals surface area contributed by atoms with E-state index >= 15 is 0 Å². The van der Waals surface area contributed by atoms with Crippen molar-refractivity contribution in [2.45, 2.75) is 26.4 Å². The molecular formula is C16H26ClN3. The maximum absolute atomic E-state index is 6.16. The van der Waals surface area contributed by atoms with Gasteiger partial charge in [-0.25, -0.2) is 0 Å². The summed E-state index contributed by atoms with van der Waals surface area (Å²) in [6.45, 7) is 8.53. The van der Waals surface area contributed by atoms with Gasteiger partial charge in [0.25, 0.3) is 0 Å². The summed E-state index contributed by atoms with van der Waals surface area (Å²) in [7, 11) is 4.35. The molecule has 112 valence electrons. The van der Waals surface area contributed by atoms with Gasteiger partial charge in [-0.3, -0.25) is 0 Å². The fourth-order valence-electron chi connectivity index (χ4n) is 3.08. The lowest BCUT2D eigenvalue weighted by Gasteiger charge is -2.24. The van der Waals surface area contributed by atoms with Crippen molar-refractivity contribution >= 4 is 17.3 Å². The van der Waals surface area contributed by atoms with Crippen LogP contribution in [0.4, 0.5) is 5.69 Å². The van der Waals surface area contributed by atoms with Crippen LogP contribution in [0.3, 0.4) is 0 Å². The van der Waals surface area contributed by atoms with E-state index in [1.54, 1.807) is 0 Å². The third-order valence-electron chi connectivity index (χ3n) is 4.18. The zero-order valence-corrected chi connectivity index (χ0v) is 13.7. The lowest BCUT2D eigenvalue weighted by atomic mass is 10.1. The maximum Gasteiger partial charge on any atom is 0.0413 e. The predicted molar refractivity (Wildman–Crippen MR) is 87.7 cm³/mol. The van der Waals surface area contributed by atoms with Crippen LogP contribution in [0.15, 0.2) is 18.2 Å². The smallest absolute Gasteiger partial charge is 0.0413 e. The molecule has 0 radical (unpaired) electrons. The molecule has 2 unspecified atom stereocenters. The summed E-state index contributed by atoms with van der Waals surface area (Å²) < 4.78 is 0. The Morgan fingerprint density at radius 2 is 2.10 bits per heavy atom. The molecule has 4 heteroatoms. The summed E-state index contributed by atoms with van der Waals surface area (Å²) in [5, 5.41) is 4.22. The average Bonchev–Trinajstić information content (AvgIpc) is 2.78. The van der Waals surface area contributed by atoms with Crippen LogP contribution in [-0.2, 0) is 6.54 Å². The van der Waals surface area contributed by atoms with Gasteiger partial charge in [-0.05, 0) is 50.3 Å². The van der Waals surface area contributed by atoms with Gasteiger partial charge >= 0.3 is 0 Å². The Balaban J connectivity index is 2.20. The Bertz CT molecular complexity index is 447. The summed E-state index contributed by atoms with van der Waals surface area (Å²) in [6.07, 6.45) is 0. The highest BCUT2D eigenvalue weighted by Gasteiger charge is 2.31. The molecule has 3 nitrogen and oxygen atoms in total. The van der Waals surface area contributed by atoms with Crippen LogP contribution < -0.4 is 10.2 Å². The van der Waals surface area contributed by atoms with E-state index < -0.39 is 0 Å². The van der Waals surface area contributed by atoms with Gasteiger partial charge < -0.3 is 15.1 Å². The molecule has 1 aliphatic rings. The van der Waals surface area contributed by atoms with Crippen LogP contribution in [0.5, 0.6) is 0 Å². The molecule has 0 spiro atoms. The number of halogens is 1. The molecular weight excluding hydrogens is 270 g/mol. The Hall–Kier alpha value is -0.770. The molecule has 0 amide bonds. The summed E-state index contributed by atoms with van der Waals surface area (Å²) in [4.78, 5) is 4.84. The van der Waals surface area contributed by atoms with E-state index in [1.165, 1.54) is 11.3 Å². The standard InChI is InChI=1S/C16H26ClN3/c1-5-18-9-13-8-14(17)6-7-15(13)20-10-12(2)16(11-20)19(3)4/h6-8,12,16,18H,5,9-11H2,1-4H3. The largest absolute Gasteiger partial charge is 0.369 e. The molecule has 1 aromatic carbocycles. The summed E-state index contributed by atoms with van der Waals surface area (Å²) in [5.41, 5.74) is 2.62. The van der Waals surface area contributed by atoms with Gasteiger partial charge in [0.05, 0.1) is 0 Å². The Kier molecular flexibility index (Phi) is 5.30. The van der Waals surface area contributed by atoms with Crippen LogP contribution in [-0.4, -0.2) is 44.7 Å². The van der Waals surface area contributed by atoms with Gasteiger partial charge in [0.2, 0.25) is 0 Å². The van der Waals surface area contributed by atoms with Crippen molar-refractivity contribution in [3.05, 3.63) is 28.8 Å². The summed E-state index contributed by atoms with van der Waals surface area (Å²) in [6, 6.07) is 6.88. The monoisotopic (exact) mass is 295 g/mol. The van der Waals surface area contributed by atoms with Gasteiger partial charge in [-0.1, -0.05) is 25.4 Å². The van der Waals surface area contributed by atoms with Crippen LogP contribution in [0.2, 0.25) is 5.02 Å². The van der Waals surface area contributed by atoms with Crippen molar-refractivity contribution in [3.8, 4) is 0 Å². The first kappa shape index (κ1) is 15.6. The lowest BCUT2D eigenvalue weighted by molar-refractivity contribution is 0.266. The van der Waals surface area contributed by atoms with Gasteiger partial charge in [-0.15, -0.1) is 0 Å². The fraction of sp³-hybridized carbons (Fsp3) is 0.625. The predicted octanol–water partition coefficient (Wildman–Crippen LogP) is 2.84. The first-order valence-corrected chi connectivity index (χ1v) is 7.81. The van der Waals surface area contributed by atoms with Crippen molar-refractivity contribution in [2.24, 2.45) is 5.92 Å². The van der Waals surface area contributed by atoms with Crippen LogP contribution >= 0.6 is 11.6 Å². The highest BCUT2D eigenvalue weighted by atomic mass is 35.5. The number of nitrogens with one attached hydrogen (secondary N) is 1. The number of benzene rings is 1. The molecule has 2 atom stereocenters. The molecule has 0 aliphatic carbocycles. The third-order valence-corrected chi connectivity index (χ3v) is 4.42. The molecule has 1 N–H and O–H groups in total. The molecule has 0 bridgehead atoms. The first-order valence-electron chi connectivity index (χ1n) is 7.43. The fourth-order valence-corrected chi connectivity index (χ4v) is 3.28. The second-order valence-corrected chi connectivity index (χ2v) is 6.40. The van der Waals surface area contributed by atoms with Gasteiger partial charge in [0.15, 0.2) is 0 Å². The molecule has 1 aromatic rings. The van der Waals surface area contributed by atoms with E-state index in [0.29, 0.717) is 12.0 Å². The average molecular weight is 296 g/mol. The SMILES string of the molecule is CCNCc1cc(Cl)ccc1N1CC(C)C(N(C)C)C1. The molecule has 1 fully saturated rings. The van der Waals surface area contributed by atoms with Crippen LogP contribution in [0, 0.1) is 5.92 Å². The quantitative estimate of drug-likeness (QED) is 0.901. The van der Waals surface area contributed by atoms with E-state index in [1.807, 2.05) is 6.07 Å². The second kappa shape index (κ2) is 6.79. The number of hydrogen-bond acceptors (Lipinski definition) is 3. The van der Waals surface area contributed by atoms with Crippen molar-refractivity contribution in [1.29, 1.82) is 0 Å². The summed E-state index contributed by atoms with van der Waals surface area (Å²) >= 11 is 6.16. The molecule has 1 aliphatic heterocycles. The van der Waals surface area contributed by atoms with E-state index in [9.17, 15) is 0 Å². The zero-order chi connectivity index (χ0) is 14.7. The van der Waals surface area contributed by atoms with E-state index in [2.05, 4.69) is 55.2 Å². The molecule has 0 aromatic heterocycles. The minimum Gasteiger partial charge on any atom is -0.369 e. The van der Waals surface area contributed by atoms with Crippen molar-refractivity contribution in [2.75, 3.05) is 38.6 Å². The Labute approximate surface area is 127 Å². The van der Waals surface area contributed by atoms with Crippen molar-refractivity contribution in [3.63, 3.8) is 0 Å². The molecule has 0 saturated carbocycles. The number of nitrogens with zero attached hydrogens (tertiary/aromatic N) is 2. The van der Waals surface area contributed by atoms with Crippen molar-refractivity contribution in [1.82, 2.24) is 10.2 Å². The van der Waals surface area contributed by atoms with E-state index in [4.69, 9.17) is 11.6 Å². The molecule has 20 heavy (non-hydrogen) atoms. The highest BCUT2D eigenvalue weighted by molar-refractivity contribution is 6.30. The van der Waals surface area contributed by atoms with E-state index in [-0.39, 0.29) is 0 Å². The Morgan fingerprint density at radius 3 is 2.70 bits per heavy atom. The topological polar surface area (TPSA) is 18.5 Å². The van der Waals surface area contributed by atoms with Gasteiger partial charge in [0, 0.05) is 36.4 Å². The van der Waals surface area contributed by atoms with E-state index in [0.717, 1.165) is 31.2 Å². The minimum absolute atomic E-state index is 0.623. The second-order valence-electron chi connectivity index (χ2n) is 5.97. The molecule has 2 rings (SSSR count). The van der Waals surface area contributed by atoms with Gasteiger partial charge in [-0.2, -0.15) is 0 Å². The van der Waals surface area contributed by atoms with Crippen LogP contribution in [0.25, 0.3) is 0 Å². The highest BCUT2D eigenvalue weighted by Crippen LogP contribution is 2.30. The van der Waals surface area contributed by atoms with Gasteiger partial charge in [0.1, 0.15) is 0 Å². The summed E-state index contributed by atoms with van der Waals surface area (Å²) in [5.74, 6) is 0.688. The third kappa shape index (κ3) is 3.46. The minimum atomic E-state index is 0.623. The van der Waals surface area contributed by atoms with Crippen LogP contribution in [0.1, 0.15) is 19.4 Å². The zero-order valence-electron chi connectivity index (χ0n) is 13.0. The molecule has 1 heterocycles. The molecule has 1 saturated heterocycles. The number of anilines is 1. The Morgan fingerprint density at radius 1 is 1.35 bits per heavy atom. The first-order chi connectivity index (χ1) is 9.52. The van der Waals surface area contributed by atoms with Crippen molar-refractivity contribution < 1.29 is 0 Å². The lowest BCUT2D eigenvalue weighted by Crippen LogP contribution is -2.34. The normalized spacial score (nSPS) is 22.8.